The summed E-state index contributed by atoms with van der Waals surface area (Å²) in [5, 5.41) is 17.7. The number of thioether (sulfide) groups is 1. The minimum atomic E-state index is -0.440. The minimum Gasteiger partial charge on any atom is -0.490 e. The fourth-order valence-corrected chi connectivity index (χ4v) is 4.73. The molecule has 1 heterocycles. The number of nitrogens with zero attached hydrogens (tertiary/aromatic N) is 1. The van der Waals surface area contributed by atoms with Crippen molar-refractivity contribution in [3.8, 4) is 11.5 Å². The Hall–Kier alpha value is -3.69. The molecule has 0 aromatic heterocycles. The van der Waals surface area contributed by atoms with Gasteiger partial charge < -0.3 is 20.1 Å². The largest absolute Gasteiger partial charge is 0.490 e. The summed E-state index contributed by atoms with van der Waals surface area (Å²) in [6.45, 7) is 4.50. The van der Waals surface area contributed by atoms with Crippen LogP contribution in [-0.2, 0) is 11.4 Å². The van der Waals surface area contributed by atoms with Crippen molar-refractivity contribution in [2.45, 2.75) is 26.0 Å². The molecule has 0 bridgehead atoms. The molecule has 0 saturated carbocycles. The Labute approximate surface area is 217 Å². The second-order valence-electron chi connectivity index (χ2n) is 7.93. The van der Waals surface area contributed by atoms with E-state index in [1.165, 1.54) is 23.9 Å². The number of carbonyl (C=O) groups excluding carboxylic acids is 1. The van der Waals surface area contributed by atoms with Crippen LogP contribution in [0.5, 0.6) is 11.5 Å². The molecule has 1 fully saturated rings. The number of non-ortho nitro benzene ring substituents is 1. The Morgan fingerprint density at radius 3 is 2.58 bits per heavy atom. The topological polar surface area (TPSA) is 103 Å². The number of ether oxygens (including phenoxy) is 2. The van der Waals surface area contributed by atoms with E-state index < -0.39 is 4.92 Å². The van der Waals surface area contributed by atoms with E-state index in [1.54, 1.807) is 30.3 Å². The molecular formula is C26H24ClN3O5S. The van der Waals surface area contributed by atoms with Crippen LogP contribution in [0.1, 0.15) is 23.6 Å². The van der Waals surface area contributed by atoms with E-state index in [0.717, 1.165) is 22.4 Å². The summed E-state index contributed by atoms with van der Waals surface area (Å²) in [6.07, 6.45) is 1.80. The number of aryl methyl sites for hydroxylation is 1. The quantitative estimate of drug-likeness (QED) is 0.197. The summed E-state index contributed by atoms with van der Waals surface area (Å²) in [4.78, 5) is 23.5. The number of nitro groups is 1. The third-order valence-corrected chi connectivity index (χ3v) is 6.58. The lowest BCUT2D eigenvalue weighted by molar-refractivity contribution is -0.384. The highest BCUT2D eigenvalue weighted by Crippen LogP contribution is 2.34. The van der Waals surface area contributed by atoms with Gasteiger partial charge in [0, 0.05) is 22.8 Å². The number of amides is 1. The highest BCUT2D eigenvalue weighted by Gasteiger charge is 2.27. The number of hydrogen-bond acceptors (Lipinski definition) is 7. The summed E-state index contributed by atoms with van der Waals surface area (Å²) in [7, 11) is 0. The van der Waals surface area contributed by atoms with Crippen molar-refractivity contribution in [3.05, 3.63) is 97.4 Å². The van der Waals surface area contributed by atoms with Crippen molar-refractivity contribution in [3.63, 3.8) is 0 Å². The van der Waals surface area contributed by atoms with Gasteiger partial charge in [-0.05, 0) is 79.1 Å². The molecule has 8 nitrogen and oxygen atoms in total. The summed E-state index contributed by atoms with van der Waals surface area (Å²) in [5.41, 5.74) is 3.19. The fourth-order valence-electron chi connectivity index (χ4n) is 3.52. The second-order valence-corrected chi connectivity index (χ2v) is 9.52. The van der Waals surface area contributed by atoms with E-state index in [2.05, 4.69) is 10.6 Å². The predicted molar refractivity (Wildman–Crippen MR) is 142 cm³/mol. The number of hydrogen-bond donors (Lipinski definition) is 2. The molecular weight excluding hydrogens is 502 g/mol. The van der Waals surface area contributed by atoms with Crippen LogP contribution in [0.15, 0.2) is 65.6 Å². The molecule has 0 spiro atoms. The normalized spacial score (nSPS) is 16.0. The van der Waals surface area contributed by atoms with Gasteiger partial charge in [-0.15, -0.1) is 0 Å². The highest BCUT2D eigenvalue weighted by atomic mass is 35.5. The smallest absolute Gasteiger partial charge is 0.269 e. The Kier molecular flexibility index (Phi) is 8.02. The van der Waals surface area contributed by atoms with Crippen LogP contribution in [0, 0.1) is 17.0 Å². The minimum absolute atomic E-state index is 0.0284. The van der Waals surface area contributed by atoms with Crippen LogP contribution in [0.3, 0.4) is 0 Å². The third-order valence-electron chi connectivity index (χ3n) is 5.31. The van der Waals surface area contributed by atoms with Crippen molar-refractivity contribution < 1.29 is 19.2 Å². The van der Waals surface area contributed by atoms with E-state index in [1.807, 2.05) is 38.1 Å². The molecule has 10 heteroatoms. The molecule has 2 N–H and O–H groups in total. The molecule has 0 radical (unpaired) electrons. The molecule has 186 valence electrons. The number of nitrogens with one attached hydrogen (secondary N) is 2. The summed E-state index contributed by atoms with van der Waals surface area (Å²) in [5.74, 6) is 0.919. The van der Waals surface area contributed by atoms with Gasteiger partial charge in [0.1, 0.15) is 6.61 Å². The Bertz CT molecular complexity index is 1310. The van der Waals surface area contributed by atoms with Crippen LogP contribution in [0.25, 0.3) is 6.08 Å². The SMILES string of the molecule is CCOc1cc(/C=C2\SC(Nc3ccc(Cl)cc3C)NC2=O)ccc1OCc1ccc([N+](=O)[O-])cc1. The zero-order valence-corrected chi connectivity index (χ0v) is 21.2. The van der Waals surface area contributed by atoms with E-state index in [0.29, 0.717) is 28.0 Å². The molecule has 1 aliphatic rings. The Balaban J connectivity index is 1.45. The first-order valence-electron chi connectivity index (χ1n) is 11.2. The van der Waals surface area contributed by atoms with Crippen LogP contribution < -0.4 is 20.1 Å². The number of anilines is 1. The molecule has 1 amide bonds. The number of nitro benzene ring substituents is 1. The average Bonchev–Trinajstić information content (AvgIpc) is 3.19. The van der Waals surface area contributed by atoms with Gasteiger partial charge in [-0.2, -0.15) is 0 Å². The first-order valence-corrected chi connectivity index (χ1v) is 12.4. The lowest BCUT2D eigenvalue weighted by Gasteiger charge is -2.15. The molecule has 1 atom stereocenters. The van der Waals surface area contributed by atoms with Gasteiger partial charge in [0.2, 0.25) is 0 Å². The predicted octanol–water partition coefficient (Wildman–Crippen LogP) is 6.13. The van der Waals surface area contributed by atoms with Crippen LogP contribution in [0.2, 0.25) is 5.02 Å². The zero-order valence-electron chi connectivity index (χ0n) is 19.6. The van der Waals surface area contributed by atoms with E-state index >= 15 is 0 Å². The van der Waals surface area contributed by atoms with E-state index in [4.69, 9.17) is 21.1 Å². The standard InChI is InChI=1S/C26H24ClN3O5S/c1-3-34-23-13-18(6-11-22(23)35-15-17-4-8-20(9-5-17)30(32)33)14-24-25(31)29-26(36-24)28-21-10-7-19(27)12-16(21)2/h4-14,26,28H,3,15H2,1-2H3,(H,29,31)/b24-14-. The zero-order chi connectivity index (χ0) is 25.7. The van der Waals surface area contributed by atoms with Crippen molar-refractivity contribution in [2.75, 3.05) is 11.9 Å². The van der Waals surface area contributed by atoms with Gasteiger partial charge >= 0.3 is 0 Å². The maximum absolute atomic E-state index is 12.6. The number of carbonyl (C=O) groups is 1. The number of halogens is 1. The van der Waals surface area contributed by atoms with Crippen molar-refractivity contribution in [1.82, 2.24) is 5.32 Å². The Morgan fingerprint density at radius 2 is 1.89 bits per heavy atom. The van der Waals surface area contributed by atoms with E-state index in [9.17, 15) is 14.9 Å². The molecule has 4 rings (SSSR count). The third kappa shape index (κ3) is 6.30. The van der Waals surface area contributed by atoms with Crippen LogP contribution >= 0.6 is 23.4 Å². The summed E-state index contributed by atoms with van der Waals surface area (Å²) < 4.78 is 11.7. The molecule has 1 unspecified atom stereocenters. The summed E-state index contributed by atoms with van der Waals surface area (Å²) >= 11 is 7.42. The lowest BCUT2D eigenvalue weighted by Crippen LogP contribution is -2.31. The molecule has 1 aliphatic heterocycles. The highest BCUT2D eigenvalue weighted by molar-refractivity contribution is 8.05. The van der Waals surface area contributed by atoms with Gasteiger partial charge in [0.05, 0.1) is 16.4 Å². The maximum Gasteiger partial charge on any atom is 0.269 e. The first-order chi connectivity index (χ1) is 17.3. The number of benzene rings is 3. The molecule has 3 aromatic rings. The molecule has 3 aromatic carbocycles. The van der Waals surface area contributed by atoms with Gasteiger partial charge in [0.15, 0.2) is 17.0 Å². The van der Waals surface area contributed by atoms with Crippen LogP contribution in [-0.4, -0.2) is 22.9 Å². The van der Waals surface area contributed by atoms with Gasteiger partial charge in [-0.3, -0.25) is 14.9 Å². The monoisotopic (exact) mass is 525 g/mol. The summed E-state index contributed by atoms with van der Waals surface area (Å²) in [6, 6.07) is 17.2. The van der Waals surface area contributed by atoms with Crippen LogP contribution in [0.4, 0.5) is 11.4 Å². The maximum atomic E-state index is 12.6. The van der Waals surface area contributed by atoms with Crippen molar-refractivity contribution >= 4 is 46.7 Å². The first kappa shape index (κ1) is 25.4. The van der Waals surface area contributed by atoms with Crippen molar-refractivity contribution in [2.24, 2.45) is 0 Å². The Morgan fingerprint density at radius 1 is 1.11 bits per heavy atom. The lowest BCUT2D eigenvalue weighted by atomic mass is 10.1. The average molecular weight is 526 g/mol. The fraction of sp³-hybridized carbons (Fsp3) is 0.192. The van der Waals surface area contributed by atoms with Crippen molar-refractivity contribution in [1.29, 1.82) is 0 Å². The second kappa shape index (κ2) is 11.4. The van der Waals surface area contributed by atoms with Gasteiger partial charge in [-0.1, -0.05) is 29.4 Å². The van der Waals surface area contributed by atoms with Gasteiger partial charge in [0.25, 0.3) is 11.6 Å². The molecule has 1 saturated heterocycles. The van der Waals surface area contributed by atoms with E-state index in [-0.39, 0.29) is 23.7 Å². The van der Waals surface area contributed by atoms with Gasteiger partial charge in [-0.25, -0.2) is 0 Å². The molecule has 36 heavy (non-hydrogen) atoms. The molecule has 0 aliphatic carbocycles. The number of rotatable bonds is 9.